The second kappa shape index (κ2) is 6.50. The molecule has 1 unspecified atom stereocenters. The van der Waals surface area contributed by atoms with E-state index in [1.807, 2.05) is 25.3 Å². The van der Waals surface area contributed by atoms with Crippen LogP contribution in [-0.2, 0) is 6.54 Å². The van der Waals surface area contributed by atoms with Crippen molar-refractivity contribution in [1.29, 1.82) is 0 Å². The zero-order chi connectivity index (χ0) is 16.4. The zero-order valence-electron chi connectivity index (χ0n) is 13.9. The molecule has 2 aromatic rings. The third-order valence-corrected chi connectivity index (χ3v) is 4.51. The maximum atomic E-state index is 5.64. The van der Waals surface area contributed by atoms with Gasteiger partial charge in [0.05, 0.1) is 24.5 Å². The van der Waals surface area contributed by atoms with Crippen LogP contribution < -0.4 is 10.5 Å². The lowest BCUT2D eigenvalue weighted by molar-refractivity contribution is 0.239. The Hall–Kier alpha value is -2.21. The molecule has 1 aliphatic heterocycles. The molecule has 2 aromatic heterocycles. The van der Waals surface area contributed by atoms with Gasteiger partial charge in [-0.3, -0.25) is 9.88 Å². The van der Waals surface area contributed by atoms with Gasteiger partial charge in [0, 0.05) is 23.9 Å². The Kier molecular flexibility index (Phi) is 4.43. The lowest BCUT2D eigenvalue weighted by Gasteiger charge is -2.24. The van der Waals surface area contributed by atoms with Gasteiger partial charge in [-0.05, 0) is 45.4 Å². The molecule has 6 heteroatoms. The summed E-state index contributed by atoms with van der Waals surface area (Å²) in [6.45, 7) is 5.92. The van der Waals surface area contributed by atoms with Gasteiger partial charge in [-0.25, -0.2) is 0 Å². The first-order valence-corrected chi connectivity index (χ1v) is 7.92. The minimum absolute atomic E-state index is 0.275. The molecule has 0 aromatic carbocycles. The van der Waals surface area contributed by atoms with Crippen LogP contribution in [0.1, 0.15) is 41.4 Å². The molecule has 1 atom stereocenters. The highest BCUT2D eigenvalue weighted by molar-refractivity contribution is 5.41. The zero-order valence-corrected chi connectivity index (χ0v) is 13.9. The number of likely N-dealkylation sites (tertiary alicyclic amines) is 1. The van der Waals surface area contributed by atoms with E-state index in [2.05, 4.69) is 27.0 Å². The Bertz CT molecular complexity index is 686. The topological polar surface area (TPSA) is 77.2 Å². The molecule has 2 N–H and O–H groups in total. The minimum atomic E-state index is 0.275. The molecule has 6 nitrogen and oxygen atoms in total. The number of nitrogen functional groups attached to an aromatic ring is 1. The van der Waals surface area contributed by atoms with E-state index in [4.69, 9.17) is 10.5 Å². The van der Waals surface area contributed by atoms with Gasteiger partial charge in [0.1, 0.15) is 11.6 Å². The normalized spacial score (nSPS) is 18.3. The highest BCUT2D eigenvalue weighted by Gasteiger charge is 2.28. The van der Waals surface area contributed by atoms with Crippen LogP contribution in [0.3, 0.4) is 0 Å². The van der Waals surface area contributed by atoms with E-state index in [0.717, 1.165) is 54.2 Å². The molecule has 0 radical (unpaired) electrons. The summed E-state index contributed by atoms with van der Waals surface area (Å²) in [6.07, 6.45) is 4.12. The number of nitrogens with zero attached hydrogens (tertiary/aromatic N) is 4. The fraction of sp³-hybridized carbons (Fsp3) is 0.471. The Balaban J connectivity index is 1.83. The van der Waals surface area contributed by atoms with Crippen LogP contribution in [-0.4, -0.2) is 33.7 Å². The average Bonchev–Trinajstić information content (AvgIpc) is 3.00. The molecule has 1 aliphatic rings. The number of pyridine rings is 1. The van der Waals surface area contributed by atoms with Gasteiger partial charge in [-0.15, -0.1) is 5.10 Å². The Morgan fingerprint density at radius 1 is 1.30 bits per heavy atom. The van der Waals surface area contributed by atoms with Crippen LogP contribution >= 0.6 is 0 Å². The van der Waals surface area contributed by atoms with Gasteiger partial charge in [0.15, 0.2) is 0 Å². The molecule has 23 heavy (non-hydrogen) atoms. The quantitative estimate of drug-likeness (QED) is 0.934. The molecule has 3 rings (SSSR count). The van der Waals surface area contributed by atoms with Crippen molar-refractivity contribution in [3.63, 3.8) is 0 Å². The van der Waals surface area contributed by atoms with Crippen LogP contribution in [0.25, 0.3) is 0 Å². The number of aromatic nitrogens is 3. The summed E-state index contributed by atoms with van der Waals surface area (Å²) in [7, 11) is 1.71. The van der Waals surface area contributed by atoms with Crippen molar-refractivity contribution in [2.75, 3.05) is 19.4 Å². The second-order valence-electron chi connectivity index (χ2n) is 6.06. The van der Waals surface area contributed by atoms with Crippen LogP contribution in [0.4, 0.5) is 5.82 Å². The lowest BCUT2D eigenvalue weighted by atomic mass is 10.1. The van der Waals surface area contributed by atoms with E-state index in [1.165, 1.54) is 0 Å². The van der Waals surface area contributed by atoms with Crippen molar-refractivity contribution in [1.82, 2.24) is 20.1 Å². The van der Waals surface area contributed by atoms with Gasteiger partial charge in [-0.2, -0.15) is 5.10 Å². The average molecular weight is 313 g/mol. The van der Waals surface area contributed by atoms with Crippen molar-refractivity contribution in [2.24, 2.45) is 0 Å². The smallest absolute Gasteiger partial charge is 0.146 e. The Morgan fingerprint density at radius 2 is 2.13 bits per heavy atom. The van der Waals surface area contributed by atoms with Gasteiger partial charge >= 0.3 is 0 Å². The first-order chi connectivity index (χ1) is 11.1. The fourth-order valence-electron chi connectivity index (χ4n) is 3.30. The number of aryl methyl sites for hydroxylation is 1. The molecule has 0 aliphatic carbocycles. The maximum Gasteiger partial charge on any atom is 0.146 e. The van der Waals surface area contributed by atoms with Gasteiger partial charge in [0.25, 0.3) is 0 Å². The van der Waals surface area contributed by atoms with Crippen molar-refractivity contribution in [2.45, 2.75) is 39.3 Å². The van der Waals surface area contributed by atoms with Gasteiger partial charge in [0.2, 0.25) is 0 Å². The van der Waals surface area contributed by atoms with Crippen LogP contribution in [0, 0.1) is 13.8 Å². The van der Waals surface area contributed by atoms with E-state index >= 15 is 0 Å². The monoisotopic (exact) mass is 313 g/mol. The van der Waals surface area contributed by atoms with Crippen molar-refractivity contribution in [3.8, 4) is 5.75 Å². The molecule has 0 bridgehead atoms. The van der Waals surface area contributed by atoms with Crippen LogP contribution in [0.15, 0.2) is 18.3 Å². The number of methoxy groups -OCH3 is 1. The molecular formula is C17H23N5O. The van der Waals surface area contributed by atoms with Crippen molar-refractivity contribution >= 4 is 5.82 Å². The van der Waals surface area contributed by atoms with Gasteiger partial charge in [-0.1, -0.05) is 0 Å². The summed E-state index contributed by atoms with van der Waals surface area (Å²) in [5.41, 5.74) is 9.85. The standard InChI is InChI=1S/C17H23N5O/c1-11-9-19-14(12(2)17(11)23-3)10-22-8-4-5-15(22)13-6-7-16(18)21-20-13/h6-7,9,15H,4-5,8,10H2,1-3H3,(H2,18,21). The third-order valence-electron chi connectivity index (χ3n) is 4.51. The first-order valence-electron chi connectivity index (χ1n) is 7.92. The Morgan fingerprint density at radius 3 is 2.83 bits per heavy atom. The van der Waals surface area contributed by atoms with E-state index in [1.54, 1.807) is 7.11 Å². The minimum Gasteiger partial charge on any atom is -0.496 e. The molecule has 1 fully saturated rings. The molecule has 1 saturated heterocycles. The fourth-order valence-corrected chi connectivity index (χ4v) is 3.30. The number of hydrogen-bond acceptors (Lipinski definition) is 6. The molecule has 122 valence electrons. The number of rotatable bonds is 4. The highest BCUT2D eigenvalue weighted by Crippen LogP contribution is 2.33. The Labute approximate surface area is 136 Å². The number of nitrogens with two attached hydrogens (primary N) is 1. The number of ether oxygens (including phenoxy) is 1. The first kappa shape index (κ1) is 15.7. The van der Waals surface area contributed by atoms with Crippen molar-refractivity contribution < 1.29 is 4.74 Å². The van der Waals surface area contributed by atoms with Crippen LogP contribution in [0.2, 0.25) is 0 Å². The maximum absolute atomic E-state index is 5.64. The molecule has 3 heterocycles. The number of hydrogen-bond donors (Lipinski definition) is 1. The van der Waals surface area contributed by atoms with E-state index in [0.29, 0.717) is 5.82 Å². The summed E-state index contributed by atoms with van der Waals surface area (Å²) in [5, 5.41) is 8.25. The van der Waals surface area contributed by atoms with E-state index in [9.17, 15) is 0 Å². The van der Waals surface area contributed by atoms with E-state index in [-0.39, 0.29) is 6.04 Å². The predicted octanol–water partition coefficient (Wildman–Crippen LogP) is 2.42. The molecule has 0 spiro atoms. The SMILES string of the molecule is COc1c(C)cnc(CN2CCCC2c2ccc(N)nn2)c1C. The summed E-state index contributed by atoms with van der Waals surface area (Å²) >= 11 is 0. The lowest BCUT2D eigenvalue weighted by Crippen LogP contribution is -2.25. The van der Waals surface area contributed by atoms with Crippen molar-refractivity contribution in [3.05, 3.63) is 40.8 Å². The summed E-state index contributed by atoms with van der Waals surface area (Å²) in [6, 6.07) is 4.06. The predicted molar refractivity (Wildman–Crippen MR) is 89.1 cm³/mol. The summed E-state index contributed by atoms with van der Waals surface area (Å²) in [4.78, 5) is 7.02. The van der Waals surface area contributed by atoms with E-state index < -0.39 is 0 Å². The second-order valence-corrected chi connectivity index (χ2v) is 6.06. The largest absolute Gasteiger partial charge is 0.496 e. The third kappa shape index (κ3) is 3.12. The van der Waals surface area contributed by atoms with Gasteiger partial charge < -0.3 is 10.5 Å². The summed E-state index contributed by atoms with van der Waals surface area (Å²) < 4.78 is 5.51. The molecule has 0 saturated carbocycles. The number of anilines is 1. The summed E-state index contributed by atoms with van der Waals surface area (Å²) in [5.74, 6) is 1.39. The highest BCUT2D eigenvalue weighted by atomic mass is 16.5. The molecular weight excluding hydrogens is 290 g/mol. The molecule has 0 amide bonds. The van der Waals surface area contributed by atoms with Crippen LogP contribution in [0.5, 0.6) is 5.75 Å².